The Hall–Kier alpha value is -1.23. The number of aryl methyl sites for hydroxylation is 1. The second-order valence-electron chi connectivity index (χ2n) is 2.35. The van der Waals surface area contributed by atoms with Crippen LogP contribution in [-0.4, -0.2) is 0 Å². The first-order valence-electron chi connectivity index (χ1n) is 3.13. The van der Waals surface area contributed by atoms with Gasteiger partial charge in [-0.3, -0.25) is 0 Å². The summed E-state index contributed by atoms with van der Waals surface area (Å²) in [5.41, 5.74) is 2.04. The average molecular weight is 135 g/mol. The van der Waals surface area contributed by atoms with E-state index in [0.29, 0.717) is 5.76 Å². The van der Waals surface area contributed by atoms with E-state index < -0.39 is 0 Å². The summed E-state index contributed by atoms with van der Waals surface area (Å²) in [6.45, 7) is 5.71. The molecule has 1 rings (SSSR count). The van der Waals surface area contributed by atoms with Crippen LogP contribution in [-0.2, 0) is 0 Å². The van der Waals surface area contributed by atoms with E-state index in [1.165, 1.54) is 0 Å². The third-order valence-electron chi connectivity index (χ3n) is 1.79. The molecule has 0 saturated carbocycles. The van der Waals surface area contributed by atoms with Crippen molar-refractivity contribution in [3.8, 4) is 6.07 Å². The van der Waals surface area contributed by atoms with E-state index in [4.69, 9.17) is 9.68 Å². The molecule has 0 amide bonds. The minimum absolute atomic E-state index is 0.440. The first-order chi connectivity index (χ1) is 4.66. The summed E-state index contributed by atoms with van der Waals surface area (Å²) in [6, 6.07) is 1.99. The van der Waals surface area contributed by atoms with Crippen LogP contribution in [0.15, 0.2) is 4.42 Å². The van der Waals surface area contributed by atoms with Gasteiger partial charge in [0, 0.05) is 5.56 Å². The van der Waals surface area contributed by atoms with E-state index in [1.54, 1.807) is 0 Å². The Balaban J connectivity index is 3.34. The second-order valence-corrected chi connectivity index (χ2v) is 2.35. The first-order valence-corrected chi connectivity index (χ1v) is 3.13. The molecule has 52 valence electrons. The fourth-order valence-electron chi connectivity index (χ4n) is 0.847. The lowest BCUT2D eigenvalue weighted by molar-refractivity contribution is 0.517. The zero-order chi connectivity index (χ0) is 7.72. The van der Waals surface area contributed by atoms with Crippen LogP contribution in [0.4, 0.5) is 0 Å². The van der Waals surface area contributed by atoms with Gasteiger partial charge in [-0.05, 0) is 26.3 Å². The van der Waals surface area contributed by atoms with Crippen molar-refractivity contribution in [2.24, 2.45) is 0 Å². The molecule has 1 aromatic heterocycles. The van der Waals surface area contributed by atoms with Crippen LogP contribution < -0.4 is 0 Å². The van der Waals surface area contributed by atoms with Crippen molar-refractivity contribution in [3.63, 3.8) is 0 Å². The lowest BCUT2D eigenvalue weighted by atomic mass is 10.2. The van der Waals surface area contributed by atoms with Gasteiger partial charge in [0.2, 0.25) is 5.76 Å². The number of hydrogen-bond donors (Lipinski definition) is 0. The fourth-order valence-corrected chi connectivity index (χ4v) is 0.847. The highest BCUT2D eigenvalue weighted by Crippen LogP contribution is 2.18. The monoisotopic (exact) mass is 135 g/mol. The van der Waals surface area contributed by atoms with Crippen LogP contribution >= 0.6 is 0 Å². The normalized spacial score (nSPS) is 9.40. The summed E-state index contributed by atoms with van der Waals surface area (Å²) in [5.74, 6) is 1.28. The Morgan fingerprint density at radius 2 is 1.80 bits per heavy atom. The Morgan fingerprint density at radius 3 is 2.00 bits per heavy atom. The first kappa shape index (κ1) is 6.88. The Bertz CT molecular complexity index is 291. The number of nitriles is 1. The van der Waals surface area contributed by atoms with Gasteiger partial charge >= 0.3 is 0 Å². The van der Waals surface area contributed by atoms with Gasteiger partial charge in [-0.25, -0.2) is 0 Å². The number of hydrogen-bond acceptors (Lipinski definition) is 2. The summed E-state index contributed by atoms with van der Waals surface area (Å²) >= 11 is 0. The molecule has 0 aliphatic rings. The van der Waals surface area contributed by atoms with E-state index in [-0.39, 0.29) is 0 Å². The number of nitrogens with zero attached hydrogens (tertiary/aromatic N) is 1. The summed E-state index contributed by atoms with van der Waals surface area (Å²) in [7, 11) is 0. The maximum atomic E-state index is 8.51. The molecule has 0 spiro atoms. The van der Waals surface area contributed by atoms with Crippen molar-refractivity contribution in [2.75, 3.05) is 0 Å². The third kappa shape index (κ3) is 0.801. The lowest BCUT2D eigenvalue weighted by Gasteiger charge is -1.84. The van der Waals surface area contributed by atoms with Crippen molar-refractivity contribution in [1.29, 1.82) is 5.26 Å². The molecule has 0 atom stereocenters. The third-order valence-corrected chi connectivity index (χ3v) is 1.79. The van der Waals surface area contributed by atoms with Gasteiger partial charge in [0.05, 0.1) is 0 Å². The second kappa shape index (κ2) is 2.18. The maximum absolute atomic E-state index is 8.51. The Labute approximate surface area is 60.1 Å². The number of rotatable bonds is 0. The van der Waals surface area contributed by atoms with Gasteiger partial charge in [-0.2, -0.15) is 5.26 Å². The molecule has 10 heavy (non-hydrogen) atoms. The van der Waals surface area contributed by atoms with Crippen LogP contribution in [0, 0.1) is 32.1 Å². The van der Waals surface area contributed by atoms with Crippen LogP contribution in [0.5, 0.6) is 0 Å². The van der Waals surface area contributed by atoms with E-state index in [2.05, 4.69) is 0 Å². The SMILES string of the molecule is Cc1oc(C#N)c(C)c1C. The van der Waals surface area contributed by atoms with Crippen LogP contribution in [0.1, 0.15) is 22.6 Å². The van der Waals surface area contributed by atoms with Crippen molar-refractivity contribution in [3.05, 3.63) is 22.6 Å². The molecule has 2 heteroatoms. The highest BCUT2D eigenvalue weighted by Gasteiger charge is 2.08. The van der Waals surface area contributed by atoms with Gasteiger partial charge in [0.15, 0.2) is 0 Å². The van der Waals surface area contributed by atoms with Crippen molar-refractivity contribution in [2.45, 2.75) is 20.8 Å². The van der Waals surface area contributed by atoms with Gasteiger partial charge < -0.3 is 4.42 Å². The van der Waals surface area contributed by atoms with Crippen molar-refractivity contribution >= 4 is 0 Å². The van der Waals surface area contributed by atoms with Crippen molar-refractivity contribution in [1.82, 2.24) is 0 Å². The topological polar surface area (TPSA) is 36.9 Å². The van der Waals surface area contributed by atoms with Gasteiger partial charge in [0.1, 0.15) is 11.8 Å². The smallest absolute Gasteiger partial charge is 0.206 e. The highest BCUT2D eigenvalue weighted by atomic mass is 16.3. The van der Waals surface area contributed by atoms with Gasteiger partial charge in [-0.1, -0.05) is 0 Å². The summed E-state index contributed by atoms with van der Waals surface area (Å²) in [4.78, 5) is 0. The fraction of sp³-hybridized carbons (Fsp3) is 0.375. The Kier molecular flexibility index (Phi) is 1.50. The zero-order valence-electron chi connectivity index (χ0n) is 6.36. The van der Waals surface area contributed by atoms with Crippen LogP contribution in [0.2, 0.25) is 0 Å². The molecule has 0 N–H and O–H groups in total. The zero-order valence-corrected chi connectivity index (χ0v) is 6.36. The maximum Gasteiger partial charge on any atom is 0.206 e. The van der Waals surface area contributed by atoms with Crippen LogP contribution in [0.3, 0.4) is 0 Å². The van der Waals surface area contributed by atoms with E-state index in [9.17, 15) is 0 Å². The molecule has 0 bridgehead atoms. The molecule has 2 nitrogen and oxygen atoms in total. The van der Waals surface area contributed by atoms with Crippen LogP contribution in [0.25, 0.3) is 0 Å². The van der Waals surface area contributed by atoms with E-state index in [0.717, 1.165) is 16.9 Å². The molecule has 1 heterocycles. The summed E-state index contributed by atoms with van der Waals surface area (Å²) in [5, 5.41) is 8.51. The number of furan rings is 1. The predicted molar refractivity (Wildman–Crippen MR) is 37.6 cm³/mol. The van der Waals surface area contributed by atoms with Gasteiger partial charge in [-0.15, -0.1) is 0 Å². The highest BCUT2D eigenvalue weighted by molar-refractivity contribution is 5.36. The average Bonchev–Trinajstić information content (AvgIpc) is 2.17. The molecular weight excluding hydrogens is 126 g/mol. The minimum Gasteiger partial charge on any atom is -0.450 e. The summed E-state index contributed by atoms with van der Waals surface area (Å²) in [6.07, 6.45) is 0. The Morgan fingerprint density at radius 1 is 1.20 bits per heavy atom. The molecule has 0 aliphatic heterocycles. The molecule has 0 unspecified atom stereocenters. The molecule has 0 saturated heterocycles. The molecule has 1 aromatic rings. The predicted octanol–water partition coefficient (Wildman–Crippen LogP) is 2.08. The minimum atomic E-state index is 0.440. The lowest BCUT2D eigenvalue weighted by Crippen LogP contribution is -1.75. The summed E-state index contributed by atoms with van der Waals surface area (Å²) < 4.78 is 5.13. The standard InChI is InChI=1S/C8H9NO/c1-5-6(2)8(4-9)10-7(5)3/h1-3H3. The van der Waals surface area contributed by atoms with Crippen molar-refractivity contribution < 1.29 is 4.42 Å². The molecule has 0 fully saturated rings. The molecule has 0 aliphatic carbocycles. The quantitative estimate of drug-likeness (QED) is 0.546. The molecule has 0 aromatic carbocycles. The largest absolute Gasteiger partial charge is 0.450 e. The molecular formula is C8H9NO. The van der Waals surface area contributed by atoms with Gasteiger partial charge in [0.25, 0.3) is 0 Å². The van der Waals surface area contributed by atoms with E-state index in [1.807, 2.05) is 26.8 Å². The molecule has 0 radical (unpaired) electrons. The van der Waals surface area contributed by atoms with E-state index >= 15 is 0 Å².